The van der Waals surface area contributed by atoms with Crippen LogP contribution in [0.25, 0.3) is 17.0 Å². The average molecular weight is 376 g/mol. The third kappa shape index (κ3) is 3.24. The predicted octanol–water partition coefficient (Wildman–Crippen LogP) is 4.42. The largest absolute Gasteiger partial charge is 0.351 e. The van der Waals surface area contributed by atoms with Gasteiger partial charge in [-0.2, -0.15) is 4.98 Å². The van der Waals surface area contributed by atoms with Gasteiger partial charge in [0.25, 0.3) is 5.89 Å². The molecule has 0 aliphatic carbocycles. The summed E-state index contributed by atoms with van der Waals surface area (Å²) in [4.78, 5) is 6.73. The number of nitrogens with zero attached hydrogens (tertiary/aromatic N) is 3. The fourth-order valence-corrected chi connectivity index (χ4v) is 3.76. The Hall–Kier alpha value is -2.99. The molecule has 1 unspecified atom stereocenters. The number of hydrogen-bond donors (Lipinski definition) is 1. The van der Waals surface area contributed by atoms with Crippen molar-refractivity contribution in [1.29, 1.82) is 0 Å². The van der Waals surface area contributed by atoms with Gasteiger partial charge in [0.2, 0.25) is 5.82 Å². The molecular formula is C21H20N4OS. The fourth-order valence-electron chi connectivity index (χ4n) is 3.37. The van der Waals surface area contributed by atoms with Gasteiger partial charge in [0, 0.05) is 17.8 Å². The molecule has 3 aromatic rings. The van der Waals surface area contributed by atoms with Gasteiger partial charge in [-0.05, 0) is 31.6 Å². The highest BCUT2D eigenvalue weighted by atomic mass is 32.1. The summed E-state index contributed by atoms with van der Waals surface area (Å²) >= 11 is 5.58. The van der Waals surface area contributed by atoms with Crippen LogP contribution in [0.3, 0.4) is 0 Å². The molecule has 1 aromatic heterocycles. The van der Waals surface area contributed by atoms with E-state index in [1.54, 1.807) is 0 Å². The first-order valence-electron chi connectivity index (χ1n) is 8.92. The van der Waals surface area contributed by atoms with E-state index in [2.05, 4.69) is 39.4 Å². The second-order valence-electron chi connectivity index (χ2n) is 6.33. The normalized spacial score (nSPS) is 17.2. The Labute approximate surface area is 163 Å². The molecule has 1 atom stereocenters. The number of nitrogens with one attached hydrogen (secondary N) is 1. The molecule has 2 heterocycles. The molecule has 2 aromatic carbocycles. The molecule has 0 bridgehead atoms. The molecule has 0 saturated heterocycles. The van der Waals surface area contributed by atoms with Crippen LogP contribution < -0.4 is 5.32 Å². The topological polar surface area (TPSA) is 54.2 Å². The first kappa shape index (κ1) is 17.4. The summed E-state index contributed by atoms with van der Waals surface area (Å²) in [6.45, 7) is 4.89. The summed E-state index contributed by atoms with van der Waals surface area (Å²) in [5, 5.41) is 8.33. The quantitative estimate of drug-likeness (QED) is 0.681. The van der Waals surface area contributed by atoms with E-state index in [1.807, 2.05) is 55.5 Å². The molecule has 1 N–H and O–H groups in total. The molecule has 0 spiro atoms. The van der Waals surface area contributed by atoms with Gasteiger partial charge >= 0.3 is 0 Å². The van der Waals surface area contributed by atoms with E-state index in [0.29, 0.717) is 16.8 Å². The van der Waals surface area contributed by atoms with Crippen molar-refractivity contribution in [2.75, 3.05) is 6.54 Å². The van der Waals surface area contributed by atoms with Crippen LogP contribution >= 0.6 is 12.2 Å². The number of benzene rings is 2. The molecular weight excluding hydrogens is 356 g/mol. The number of aromatic nitrogens is 2. The third-order valence-corrected chi connectivity index (χ3v) is 5.07. The van der Waals surface area contributed by atoms with Crippen LogP contribution in [-0.4, -0.2) is 26.7 Å². The van der Waals surface area contributed by atoms with Gasteiger partial charge in [-0.1, -0.05) is 65.8 Å². The van der Waals surface area contributed by atoms with Gasteiger partial charge in [-0.25, -0.2) is 0 Å². The highest BCUT2D eigenvalue weighted by molar-refractivity contribution is 7.80. The fraction of sp³-hybridized carbons (Fsp3) is 0.190. The molecule has 5 nitrogen and oxygen atoms in total. The molecule has 1 aliphatic rings. The van der Waals surface area contributed by atoms with E-state index in [9.17, 15) is 0 Å². The van der Waals surface area contributed by atoms with Gasteiger partial charge in [-0.3, -0.25) is 0 Å². The van der Waals surface area contributed by atoms with Crippen molar-refractivity contribution in [3.05, 3.63) is 77.8 Å². The lowest BCUT2D eigenvalue weighted by Crippen LogP contribution is -2.45. The van der Waals surface area contributed by atoms with Crippen LogP contribution in [0.2, 0.25) is 0 Å². The maximum Gasteiger partial charge on any atom is 0.258 e. The first-order valence-corrected chi connectivity index (χ1v) is 9.33. The van der Waals surface area contributed by atoms with Crippen LogP contribution in [-0.2, 0) is 0 Å². The minimum atomic E-state index is -0.134. The SMILES string of the molecule is CCN1C(=S)NC(c2ccccc2)C(c2nc(-c3ccccc3)no2)=C1C. The lowest BCUT2D eigenvalue weighted by molar-refractivity contribution is 0.398. The molecule has 0 saturated carbocycles. The summed E-state index contributed by atoms with van der Waals surface area (Å²) in [5.74, 6) is 1.09. The van der Waals surface area contributed by atoms with Crippen LogP contribution in [0, 0.1) is 0 Å². The lowest BCUT2D eigenvalue weighted by Gasteiger charge is -2.36. The molecule has 136 valence electrons. The highest BCUT2D eigenvalue weighted by Crippen LogP contribution is 2.37. The molecule has 0 amide bonds. The smallest absolute Gasteiger partial charge is 0.258 e. The van der Waals surface area contributed by atoms with Gasteiger partial charge in [0.1, 0.15) is 0 Å². The summed E-state index contributed by atoms with van der Waals surface area (Å²) in [6, 6.07) is 19.9. The Kier molecular flexibility index (Phi) is 4.73. The monoisotopic (exact) mass is 376 g/mol. The number of hydrogen-bond acceptors (Lipinski definition) is 4. The molecule has 4 rings (SSSR count). The maximum absolute atomic E-state index is 5.68. The zero-order valence-corrected chi connectivity index (χ0v) is 16.0. The Bertz CT molecular complexity index is 982. The van der Waals surface area contributed by atoms with Crippen LogP contribution in [0.5, 0.6) is 0 Å². The van der Waals surface area contributed by atoms with Crippen LogP contribution in [0.4, 0.5) is 0 Å². The summed E-state index contributed by atoms with van der Waals surface area (Å²) in [6.07, 6.45) is 0. The molecule has 27 heavy (non-hydrogen) atoms. The maximum atomic E-state index is 5.68. The average Bonchev–Trinajstić information content (AvgIpc) is 3.19. The summed E-state index contributed by atoms with van der Waals surface area (Å²) in [5.41, 5.74) is 4.00. The molecule has 0 fully saturated rings. The minimum Gasteiger partial charge on any atom is -0.351 e. The zero-order chi connectivity index (χ0) is 18.8. The van der Waals surface area contributed by atoms with E-state index in [1.165, 1.54) is 0 Å². The van der Waals surface area contributed by atoms with Crippen molar-refractivity contribution in [2.45, 2.75) is 19.9 Å². The van der Waals surface area contributed by atoms with Gasteiger partial charge < -0.3 is 14.7 Å². The lowest BCUT2D eigenvalue weighted by atomic mass is 9.95. The Morgan fingerprint density at radius 2 is 1.74 bits per heavy atom. The molecule has 1 aliphatic heterocycles. The van der Waals surface area contributed by atoms with E-state index >= 15 is 0 Å². The number of rotatable bonds is 4. The second kappa shape index (κ2) is 7.32. The highest BCUT2D eigenvalue weighted by Gasteiger charge is 2.33. The predicted molar refractivity (Wildman–Crippen MR) is 110 cm³/mol. The zero-order valence-electron chi connectivity index (χ0n) is 15.2. The van der Waals surface area contributed by atoms with E-state index < -0.39 is 0 Å². The summed E-state index contributed by atoms with van der Waals surface area (Å²) < 4.78 is 5.68. The Morgan fingerprint density at radius 1 is 1.07 bits per heavy atom. The summed E-state index contributed by atoms with van der Waals surface area (Å²) in [7, 11) is 0. The molecule has 0 radical (unpaired) electrons. The third-order valence-electron chi connectivity index (χ3n) is 4.73. The van der Waals surface area contributed by atoms with Crippen molar-refractivity contribution in [3.63, 3.8) is 0 Å². The van der Waals surface area contributed by atoms with Gasteiger partial charge in [0.05, 0.1) is 11.6 Å². The molecule has 6 heteroatoms. The first-order chi connectivity index (χ1) is 13.2. The van der Waals surface area contributed by atoms with E-state index in [0.717, 1.165) is 28.9 Å². The van der Waals surface area contributed by atoms with Crippen LogP contribution in [0.1, 0.15) is 31.3 Å². The minimum absolute atomic E-state index is 0.134. The second-order valence-corrected chi connectivity index (χ2v) is 6.71. The van der Waals surface area contributed by atoms with Crippen molar-refractivity contribution in [2.24, 2.45) is 0 Å². The van der Waals surface area contributed by atoms with Crippen molar-refractivity contribution >= 4 is 22.9 Å². The van der Waals surface area contributed by atoms with E-state index in [4.69, 9.17) is 16.7 Å². The van der Waals surface area contributed by atoms with Crippen LogP contribution in [0.15, 0.2) is 70.9 Å². The van der Waals surface area contributed by atoms with Gasteiger partial charge in [-0.15, -0.1) is 0 Å². The van der Waals surface area contributed by atoms with E-state index in [-0.39, 0.29) is 6.04 Å². The van der Waals surface area contributed by atoms with Crippen molar-refractivity contribution in [1.82, 2.24) is 20.4 Å². The Morgan fingerprint density at radius 3 is 2.41 bits per heavy atom. The van der Waals surface area contributed by atoms with Crippen molar-refractivity contribution in [3.8, 4) is 11.4 Å². The Balaban J connectivity index is 1.82. The van der Waals surface area contributed by atoms with Gasteiger partial charge in [0.15, 0.2) is 5.11 Å². The number of thiocarbonyl (C=S) groups is 1. The number of allylic oxidation sites excluding steroid dienone is 1. The standard InChI is InChI=1S/C21H20N4OS/c1-3-25-14(2)17(18(22-21(25)27)15-10-6-4-7-11-15)20-23-19(24-26-20)16-12-8-5-9-13-16/h4-13,18H,3H2,1-2H3,(H,22,27). The van der Waals surface area contributed by atoms with Crippen molar-refractivity contribution < 1.29 is 4.52 Å².